The highest BCUT2D eigenvalue weighted by Crippen LogP contribution is 2.38. The van der Waals surface area contributed by atoms with E-state index in [9.17, 15) is 0 Å². The number of rotatable bonds is 3. The molecule has 1 saturated carbocycles. The number of aromatic nitrogens is 2. The molecule has 1 aromatic rings. The molecule has 3 rings (SSSR count). The summed E-state index contributed by atoms with van der Waals surface area (Å²) in [5, 5.41) is 8.43. The van der Waals surface area contributed by atoms with Crippen molar-refractivity contribution in [2.75, 3.05) is 11.9 Å². The molecular formula is C15H25N3. The van der Waals surface area contributed by atoms with Crippen molar-refractivity contribution in [1.29, 1.82) is 0 Å². The molecule has 0 bridgehead atoms. The Hall–Kier alpha value is -0.990. The van der Waals surface area contributed by atoms with Crippen LogP contribution in [0.2, 0.25) is 0 Å². The molecule has 2 aliphatic rings. The van der Waals surface area contributed by atoms with Crippen LogP contribution in [0.1, 0.15) is 57.7 Å². The Bertz CT molecular complexity index is 408. The van der Waals surface area contributed by atoms with Crippen LogP contribution < -0.4 is 5.32 Å². The van der Waals surface area contributed by atoms with Gasteiger partial charge in [-0.05, 0) is 37.5 Å². The molecule has 1 N–H and O–H groups in total. The lowest BCUT2D eigenvalue weighted by atomic mass is 9.83. The summed E-state index contributed by atoms with van der Waals surface area (Å²) in [6.45, 7) is 5.72. The Morgan fingerprint density at radius 1 is 1.39 bits per heavy atom. The molecule has 2 heterocycles. The van der Waals surface area contributed by atoms with Gasteiger partial charge < -0.3 is 5.32 Å². The fourth-order valence-corrected chi connectivity index (χ4v) is 3.37. The van der Waals surface area contributed by atoms with Crippen molar-refractivity contribution in [3.63, 3.8) is 0 Å². The summed E-state index contributed by atoms with van der Waals surface area (Å²) in [4.78, 5) is 0. The first-order chi connectivity index (χ1) is 8.74. The fourth-order valence-electron chi connectivity index (χ4n) is 3.37. The van der Waals surface area contributed by atoms with Gasteiger partial charge in [0.2, 0.25) is 0 Å². The topological polar surface area (TPSA) is 29.9 Å². The second kappa shape index (κ2) is 4.94. The highest BCUT2D eigenvalue weighted by atomic mass is 15.4. The smallest absolute Gasteiger partial charge is 0.124 e. The number of anilines is 1. The van der Waals surface area contributed by atoms with Gasteiger partial charge in [0, 0.05) is 12.6 Å². The molecule has 0 amide bonds. The first-order valence-corrected chi connectivity index (χ1v) is 7.56. The lowest BCUT2D eigenvalue weighted by Gasteiger charge is -2.36. The molecule has 1 aromatic heterocycles. The van der Waals surface area contributed by atoms with E-state index < -0.39 is 0 Å². The largest absolute Gasteiger partial charge is 0.370 e. The Morgan fingerprint density at radius 3 is 3.06 bits per heavy atom. The zero-order valence-corrected chi connectivity index (χ0v) is 11.7. The van der Waals surface area contributed by atoms with Gasteiger partial charge in [-0.25, -0.2) is 4.68 Å². The zero-order chi connectivity index (χ0) is 12.5. The summed E-state index contributed by atoms with van der Waals surface area (Å²) in [6, 6.07) is 2.94. The SMILES string of the molecule is CC(C)CCc1cc2n(n1)C1CCCCC1CN2. The lowest BCUT2D eigenvalue weighted by molar-refractivity contribution is 0.222. The van der Waals surface area contributed by atoms with Crippen molar-refractivity contribution in [2.45, 2.75) is 58.4 Å². The Morgan fingerprint density at radius 2 is 2.22 bits per heavy atom. The minimum atomic E-state index is 0.669. The lowest BCUT2D eigenvalue weighted by Crippen LogP contribution is -2.35. The third kappa shape index (κ3) is 2.27. The van der Waals surface area contributed by atoms with Crippen molar-refractivity contribution >= 4 is 5.82 Å². The van der Waals surface area contributed by atoms with E-state index in [0.29, 0.717) is 6.04 Å². The quantitative estimate of drug-likeness (QED) is 0.884. The Labute approximate surface area is 110 Å². The number of hydrogen-bond donors (Lipinski definition) is 1. The molecule has 1 fully saturated rings. The normalized spacial score (nSPS) is 26.6. The summed E-state index contributed by atoms with van der Waals surface area (Å²) in [6.07, 6.45) is 7.84. The van der Waals surface area contributed by atoms with E-state index in [1.807, 2.05) is 0 Å². The van der Waals surface area contributed by atoms with E-state index in [0.717, 1.165) is 24.8 Å². The fraction of sp³-hybridized carbons (Fsp3) is 0.800. The van der Waals surface area contributed by atoms with E-state index in [4.69, 9.17) is 5.10 Å². The van der Waals surface area contributed by atoms with Crippen molar-refractivity contribution in [3.8, 4) is 0 Å². The summed E-state index contributed by atoms with van der Waals surface area (Å²) in [5.74, 6) is 2.83. The van der Waals surface area contributed by atoms with Crippen molar-refractivity contribution in [1.82, 2.24) is 9.78 Å². The first kappa shape index (κ1) is 12.1. The predicted molar refractivity (Wildman–Crippen MR) is 74.9 cm³/mol. The maximum absolute atomic E-state index is 4.86. The van der Waals surface area contributed by atoms with Gasteiger partial charge in [0.15, 0.2) is 0 Å². The van der Waals surface area contributed by atoms with E-state index >= 15 is 0 Å². The van der Waals surface area contributed by atoms with Crippen LogP contribution in [0.25, 0.3) is 0 Å². The molecule has 0 spiro atoms. The molecule has 2 unspecified atom stereocenters. The minimum Gasteiger partial charge on any atom is -0.370 e. The number of fused-ring (bicyclic) bond motifs is 3. The van der Waals surface area contributed by atoms with E-state index in [2.05, 4.69) is 29.9 Å². The van der Waals surface area contributed by atoms with Gasteiger partial charge in [0.05, 0.1) is 11.7 Å². The standard InChI is InChI=1S/C15H25N3/c1-11(2)7-8-13-9-15-16-10-12-5-3-4-6-14(12)18(15)17-13/h9,11-12,14,16H,3-8,10H2,1-2H3. The number of hydrogen-bond acceptors (Lipinski definition) is 2. The third-order valence-electron chi connectivity index (χ3n) is 4.49. The van der Waals surface area contributed by atoms with Crippen LogP contribution in [0.3, 0.4) is 0 Å². The van der Waals surface area contributed by atoms with Gasteiger partial charge in [-0.15, -0.1) is 0 Å². The molecule has 3 nitrogen and oxygen atoms in total. The highest BCUT2D eigenvalue weighted by molar-refractivity contribution is 5.40. The molecule has 3 heteroatoms. The van der Waals surface area contributed by atoms with Gasteiger partial charge >= 0.3 is 0 Å². The number of aryl methyl sites for hydroxylation is 1. The van der Waals surface area contributed by atoms with Crippen LogP contribution in [0.4, 0.5) is 5.82 Å². The summed E-state index contributed by atoms with van der Waals surface area (Å²) in [7, 11) is 0. The zero-order valence-electron chi connectivity index (χ0n) is 11.7. The van der Waals surface area contributed by atoms with Gasteiger partial charge in [-0.3, -0.25) is 0 Å². The van der Waals surface area contributed by atoms with Crippen LogP contribution in [-0.2, 0) is 6.42 Å². The van der Waals surface area contributed by atoms with Gasteiger partial charge in [0.25, 0.3) is 0 Å². The number of nitrogens with one attached hydrogen (secondary N) is 1. The van der Waals surface area contributed by atoms with Crippen LogP contribution in [0.5, 0.6) is 0 Å². The Kier molecular flexibility index (Phi) is 3.31. The van der Waals surface area contributed by atoms with Crippen molar-refractivity contribution < 1.29 is 0 Å². The molecule has 1 aliphatic carbocycles. The highest BCUT2D eigenvalue weighted by Gasteiger charge is 2.32. The van der Waals surface area contributed by atoms with Crippen LogP contribution in [0, 0.1) is 11.8 Å². The van der Waals surface area contributed by atoms with E-state index in [1.165, 1.54) is 43.6 Å². The minimum absolute atomic E-state index is 0.669. The summed E-state index contributed by atoms with van der Waals surface area (Å²) < 4.78 is 2.29. The predicted octanol–water partition coefficient (Wildman–Crippen LogP) is 3.63. The molecule has 0 aromatic carbocycles. The maximum atomic E-state index is 4.86. The van der Waals surface area contributed by atoms with E-state index in [-0.39, 0.29) is 0 Å². The van der Waals surface area contributed by atoms with Gasteiger partial charge in [0.1, 0.15) is 5.82 Å². The molecule has 0 saturated heterocycles. The van der Waals surface area contributed by atoms with Crippen LogP contribution in [-0.4, -0.2) is 16.3 Å². The van der Waals surface area contributed by atoms with Crippen LogP contribution in [0.15, 0.2) is 6.07 Å². The number of nitrogens with zero attached hydrogens (tertiary/aromatic N) is 2. The summed E-state index contributed by atoms with van der Waals surface area (Å²) in [5.41, 5.74) is 1.28. The third-order valence-corrected chi connectivity index (χ3v) is 4.49. The molecule has 1 aliphatic heterocycles. The molecule has 0 radical (unpaired) electrons. The molecular weight excluding hydrogens is 222 g/mol. The Balaban J connectivity index is 1.77. The first-order valence-electron chi connectivity index (χ1n) is 7.56. The van der Waals surface area contributed by atoms with Gasteiger partial charge in [-0.2, -0.15) is 5.10 Å². The van der Waals surface area contributed by atoms with Crippen molar-refractivity contribution in [2.24, 2.45) is 11.8 Å². The average molecular weight is 247 g/mol. The molecule has 18 heavy (non-hydrogen) atoms. The second-order valence-electron chi connectivity index (χ2n) is 6.39. The summed E-state index contributed by atoms with van der Waals surface area (Å²) >= 11 is 0. The van der Waals surface area contributed by atoms with Gasteiger partial charge in [-0.1, -0.05) is 26.7 Å². The second-order valence-corrected chi connectivity index (χ2v) is 6.39. The molecule has 100 valence electrons. The monoisotopic (exact) mass is 247 g/mol. The van der Waals surface area contributed by atoms with Crippen molar-refractivity contribution in [3.05, 3.63) is 11.8 Å². The van der Waals surface area contributed by atoms with Crippen LogP contribution >= 0.6 is 0 Å². The molecule has 2 atom stereocenters. The van der Waals surface area contributed by atoms with E-state index in [1.54, 1.807) is 0 Å². The maximum Gasteiger partial charge on any atom is 0.124 e. The average Bonchev–Trinajstić information content (AvgIpc) is 2.79.